The number of rotatable bonds is 4. The molecule has 3 aromatic heterocycles. The van der Waals surface area contributed by atoms with E-state index in [1.54, 1.807) is 6.08 Å². The van der Waals surface area contributed by atoms with Gasteiger partial charge >= 0.3 is 0 Å². The van der Waals surface area contributed by atoms with Gasteiger partial charge < -0.3 is 15.4 Å². The van der Waals surface area contributed by atoms with Crippen LogP contribution in [-0.2, 0) is 11.3 Å². The van der Waals surface area contributed by atoms with Crippen LogP contribution in [0.4, 0.5) is 5.69 Å². The molecule has 1 fully saturated rings. The van der Waals surface area contributed by atoms with Crippen molar-refractivity contribution in [2.45, 2.75) is 45.6 Å². The lowest BCUT2D eigenvalue weighted by atomic mass is 10.0. The zero-order valence-electron chi connectivity index (χ0n) is 21.4. The zero-order valence-corrected chi connectivity index (χ0v) is 22.2. The number of morpholine rings is 1. The van der Waals surface area contributed by atoms with Crippen LogP contribution in [0.15, 0.2) is 43.0 Å². The number of pyridine rings is 2. The van der Waals surface area contributed by atoms with Crippen molar-refractivity contribution < 1.29 is 9.53 Å². The second kappa shape index (κ2) is 9.52. The molecule has 0 spiro atoms. The number of fused-ring (bicyclic) bond motifs is 5. The Morgan fingerprint density at radius 1 is 1.14 bits per heavy atom. The number of carbonyl (C=O) groups excluding carboxylic acids is 1. The number of ether oxygens (including phenoxy) is 1. The first-order valence-corrected chi connectivity index (χ1v) is 13.6. The van der Waals surface area contributed by atoms with E-state index in [1.807, 2.05) is 19.1 Å². The van der Waals surface area contributed by atoms with Gasteiger partial charge in [0.1, 0.15) is 4.88 Å². The largest absolute Gasteiger partial charge is 0.381 e. The van der Waals surface area contributed by atoms with E-state index in [1.165, 1.54) is 11.3 Å². The molecule has 5 heterocycles. The summed E-state index contributed by atoms with van der Waals surface area (Å²) >= 11 is 1.53. The van der Waals surface area contributed by atoms with E-state index in [0.29, 0.717) is 6.54 Å². The van der Waals surface area contributed by atoms with Crippen LogP contribution < -0.4 is 10.6 Å². The van der Waals surface area contributed by atoms with Crippen molar-refractivity contribution >= 4 is 50.0 Å². The third kappa shape index (κ3) is 4.61. The van der Waals surface area contributed by atoms with Crippen LogP contribution in [-0.4, -0.2) is 58.7 Å². The maximum atomic E-state index is 12.8. The van der Waals surface area contributed by atoms with Gasteiger partial charge in [-0.3, -0.25) is 14.7 Å². The molecule has 7 nitrogen and oxygen atoms in total. The minimum atomic E-state index is -0.0169. The second-order valence-corrected chi connectivity index (χ2v) is 11.2. The molecule has 0 aliphatic carbocycles. The van der Waals surface area contributed by atoms with Gasteiger partial charge in [-0.05, 0) is 63.2 Å². The number of carbonyl (C=O) groups is 1. The Morgan fingerprint density at radius 3 is 2.73 bits per heavy atom. The van der Waals surface area contributed by atoms with Gasteiger partial charge in [0.2, 0.25) is 0 Å². The standard InChI is InChI=1S/C29H31N5O2S/c1-5-20-10-19(11-21(32-20)15-34-13-17(3)36-18(4)14-34)23-7-6-22-24(33-23)8-9-25-26(22)27-28(37-25)29(35)31-16(2)12-30-27/h5-11,16-18,30H,1,12-15H2,2-4H3,(H,31,35)/t16-,17-,18-/m1/s1. The molecule has 0 unspecified atom stereocenters. The summed E-state index contributed by atoms with van der Waals surface area (Å²) in [5.41, 5.74) is 5.57. The molecule has 1 saturated heterocycles. The first kappa shape index (κ1) is 24.0. The number of amides is 1. The first-order valence-electron chi connectivity index (χ1n) is 12.8. The highest BCUT2D eigenvalue weighted by atomic mass is 32.1. The smallest absolute Gasteiger partial charge is 0.263 e. The van der Waals surface area contributed by atoms with Crippen LogP contribution in [0.3, 0.4) is 0 Å². The van der Waals surface area contributed by atoms with Crippen molar-refractivity contribution in [2.75, 3.05) is 25.0 Å². The van der Waals surface area contributed by atoms with Gasteiger partial charge in [0.05, 0.1) is 40.5 Å². The Bertz CT molecular complexity index is 1520. The molecule has 2 N–H and O–H groups in total. The summed E-state index contributed by atoms with van der Waals surface area (Å²) in [4.78, 5) is 25.7. The summed E-state index contributed by atoms with van der Waals surface area (Å²) in [5, 5.41) is 8.67. The lowest BCUT2D eigenvalue weighted by Crippen LogP contribution is -2.44. The molecule has 0 saturated carbocycles. The fourth-order valence-corrected chi connectivity index (χ4v) is 6.57. The summed E-state index contributed by atoms with van der Waals surface area (Å²) in [6.45, 7) is 13.4. The summed E-state index contributed by atoms with van der Waals surface area (Å²) in [6, 6.07) is 12.6. The summed E-state index contributed by atoms with van der Waals surface area (Å²) in [6.07, 6.45) is 2.21. The Hall–Kier alpha value is -3.33. The van der Waals surface area contributed by atoms with Crippen molar-refractivity contribution in [3.05, 3.63) is 59.2 Å². The average Bonchev–Trinajstić information content (AvgIpc) is 3.19. The average molecular weight is 514 g/mol. The molecule has 0 bridgehead atoms. The predicted octanol–water partition coefficient (Wildman–Crippen LogP) is 5.31. The third-order valence-corrected chi connectivity index (χ3v) is 8.13. The number of thiophene rings is 1. The van der Waals surface area contributed by atoms with Crippen LogP contribution in [0.5, 0.6) is 0 Å². The van der Waals surface area contributed by atoms with Crippen LogP contribution in [0.1, 0.15) is 41.8 Å². The van der Waals surface area contributed by atoms with Gasteiger partial charge in [0.25, 0.3) is 5.91 Å². The quantitative estimate of drug-likeness (QED) is 0.385. The van der Waals surface area contributed by atoms with Crippen LogP contribution in [0.2, 0.25) is 0 Å². The fourth-order valence-electron chi connectivity index (χ4n) is 5.47. The molecule has 1 amide bonds. The number of nitrogens with zero attached hydrogens (tertiary/aromatic N) is 3. The Kier molecular flexibility index (Phi) is 6.18. The summed E-state index contributed by atoms with van der Waals surface area (Å²) in [5.74, 6) is -0.0169. The number of aromatic nitrogens is 2. The van der Waals surface area contributed by atoms with Gasteiger partial charge in [0.15, 0.2) is 0 Å². The number of benzene rings is 1. The first-order chi connectivity index (χ1) is 17.9. The van der Waals surface area contributed by atoms with Crippen molar-refractivity contribution in [1.29, 1.82) is 0 Å². The molecule has 0 radical (unpaired) electrons. The highest BCUT2D eigenvalue weighted by molar-refractivity contribution is 7.21. The molecule has 37 heavy (non-hydrogen) atoms. The van der Waals surface area contributed by atoms with E-state index in [4.69, 9.17) is 14.7 Å². The predicted molar refractivity (Wildman–Crippen MR) is 151 cm³/mol. The van der Waals surface area contributed by atoms with E-state index < -0.39 is 0 Å². The van der Waals surface area contributed by atoms with Gasteiger partial charge in [-0.25, -0.2) is 4.98 Å². The van der Waals surface area contributed by atoms with Crippen molar-refractivity contribution in [3.63, 3.8) is 0 Å². The summed E-state index contributed by atoms with van der Waals surface area (Å²) < 4.78 is 6.98. The van der Waals surface area contributed by atoms with Crippen LogP contribution >= 0.6 is 11.3 Å². The Balaban J connectivity index is 1.39. The highest BCUT2D eigenvalue weighted by Gasteiger charge is 2.25. The normalized spacial score (nSPS) is 22.4. The molecule has 6 rings (SSSR count). The number of hydrogen-bond donors (Lipinski definition) is 2. The van der Waals surface area contributed by atoms with Crippen molar-refractivity contribution in [2.24, 2.45) is 0 Å². The molecule has 2 aliphatic rings. The van der Waals surface area contributed by atoms with Crippen LogP contribution in [0, 0.1) is 0 Å². The van der Waals surface area contributed by atoms with E-state index in [0.717, 1.165) is 73.8 Å². The maximum absolute atomic E-state index is 12.8. The molecule has 4 aromatic rings. The molecule has 190 valence electrons. The minimum absolute atomic E-state index is 0.0169. The zero-order chi connectivity index (χ0) is 25.7. The van der Waals surface area contributed by atoms with Crippen molar-refractivity contribution in [3.8, 4) is 11.3 Å². The fraction of sp³-hybridized carbons (Fsp3) is 0.345. The van der Waals surface area contributed by atoms with E-state index in [9.17, 15) is 4.79 Å². The SMILES string of the molecule is C=Cc1cc(-c2ccc3c(ccc4sc5c(c43)NC[C@@H](C)NC5=O)n2)cc(CN2C[C@@H](C)O[C@H](C)C2)n1. The monoisotopic (exact) mass is 513 g/mol. The number of hydrogen-bond acceptors (Lipinski definition) is 7. The van der Waals surface area contributed by atoms with E-state index in [2.05, 4.69) is 60.2 Å². The van der Waals surface area contributed by atoms with Gasteiger partial charge in [0, 0.05) is 53.3 Å². The topological polar surface area (TPSA) is 79.4 Å². The Labute approximate surface area is 220 Å². The highest BCUT2D eigenvalue weighted by Crippen LogP contribution is 2.41. The number of nitrogens with one attached hydrogen (secondary N) is 2. The maximum Gasteiger partial charge on any atom is 0.263 e. The van der Waals surface area contributed by atoms with Gasteiger partial charge in [-0.15, -0.1) is 11.3 Å². The molecular formula is C29H31N5O2S. The van der Waals surface area contributed by atoms with E-state index >= 15 is 0 Å². The molecule has 3 atom stereocenters. The lowest BCUT2D eigenvalue weighted by molar-refractivity contribution is -0.0707. The Morgan fingerprint density at radius 2 is 1.95 bits per heavy atom. The number of anilines is 1. The third-order valence-electron chi connectivity index (χ3n) is 6.97. The second-order valence-electron chi connectivity index (χ2n) is 10.2. The lowest BCUT2D eigenvalue weighted by Gasteiger charge is -2.35. The molecule has 2 aliphatic heterocycles. The molecule has 1 aromatic carbocycles. The van der Waals surface area contributed by atoms with Gasteiger partial charge in [-0.1, -0.05) is 6.58 Å². The van der Waals surface area contributed by atoms with Crippen molar-refractivity contribution in [1.82, 2.24) is 20.2 Å². The minimum Gasteiger partial charge on any atom is -0.381 e. The van der Waals surface area contributed by atoms with Gasteiger partial charge in [-0.2, -0.15) is 0 Å². The summed E-state index contributed by atoms with van der Waals surface area (Å²) in [7, 11) is 0. The van der Waals surface area contributed by atoms with E-state index in [-0.39, 0.29) is 24.2 Å². The molecular weight excluding hydrogens is 482 g/mol. The molecule has 8 heteroatoms. The van der Waals surface area contributed by atoms with Crippen LogP contribution in [0.25, 0.3) is 38.3 Å².